The van der Waals surface area contributed by atoms with Gasteiger partial charge < -0.3 is 29.7 Å². The molecule has 5 heterocycles. The third-order valence-corrected chi connectivity index (χ3v) is 7.17. The van der Waals surface area contributed by atoms with Crippen LogP contribution in [0.25, 0.3) is 21.6 Å². The van der Waals surface area contributed by atoms with Gasteiger partial charge in [-0.05, 0) is 14.1 Å². The van der Waals surface area contributed by atoms with Gasteiger partial charge in [-0.25, -0.2) is 29.3 Å². The van der Waals surface area contributed by atoms with Crippen LogP contribution >= 0.6 is 11.3 Å². The average Bonchev–Trinajstić information content (AvgIpc) is 3.60. The first kappa shape index (κ1) is 28.2. The number of ether oxygens (including phenoxy) is 1. The molecular formula is C26H29FN10O3S. The number of thiazole rings is 1. The van der Waals surface area contributed by atoms with E-state index < -0.39 is 11.9 Å². The van der Waals surface area contributed by atoms with Crippen LogP contribution in [0.5, 0.6) is 0 Å². The summed E-state index contributed by atoms with van der Waals surface area (Å²) in [7, 11) is 3.83. The topological polar surface area (TPSA) is 143 Å². The molecule has 0 spiro atoms. The number of likely N-dealkylation sites (N-methyl/N-ethyl adjacent to an activating group) is 1. The first-order valence-corrected chi connectivity index (χ1v) is 13.7. The fourth-order valence-electron chi connectivity index (χ4n) is 4.21. The number of nitrogens with zero attached hydrogens (tertiary/aromatic N) is 8. The highest BCUT2D eigenvalue weighted by Crippen LogP contribution is 2.30. The zero-order valence-corrected chi connectivity index (χ0v) is 23.3. The van der Waals surface area contributed by atoms with Gasteiger partial charge in [0.05, 0.1) is 42.3 Å². The van der Waals surface area contributed by atoms with Gasteiger partial charge in [-0.1, -0.05) is 17.4 Å². The minimum atomic E-state index is -0.696. The Labute approximate surface area is 239 Å². The van der Waals surface area contributed by atoms with Crippen molar-refractivity contribution in [1.82, 2.24) is 44.6 Å². The highest BCUT2D eigenvalue weighted by Gasteiger charge is 2.31. The number of carbonyl (C=O) groups is 2. The minimum absolute atomic E-state index is 0.149. The SMILES string of the molecule is CN(C)C/C=C/C(=O)N1CCOC[C@H]1C(=O)NCCn1cnc2cnc(Nc3ncc(-c4ncncc4F)s3)cc21. The van der Waals surface area contributed by atoms with Crippen LogP contribution in [0.15, 0.2) is 49.5 Å². The fourth-order valence-corrected chi connectivity index (χ4v) is 5.04. The van der Waals surface area contributed by atoms with Crippen molar-refractivity contribution < 1.29 is 18.7 Å². The highest BCUT2D eigenvalue weighted by molar-refractivity contribution is 7.18. The summed E-state index contributed by atoms with van der Waals surface area (Å²) in [6, 6.07) is 1.13. The van der Waals surface area contributed by atoms with Crippen LogP contribution in [0.3, 0.4) is 0 Å². The Kier molecular flexibility index (Phi) is 8.86. The molecule has 4 aromatic rings. The molecule has 1 aliphatic rings. The van der Waals surface area contributed by atoms with Gasteiger partial charge >= 0.3 is 0 Å². The second kappa shape index (κ2) is 12.9. The number of fused-ring (bicyclic) bond motifs is 1. The normalized spacial score (nSPS) is 15.6. The molecule has 0 unspecified atom stereocenters. The molecule has 1 aliphatic heterocycles. The van der Waals surface area contributed by atoms with E-state index in [2.05, 4.69) is 35.6 Å². The first-order chi connectivity index (χ1) is 19.9. The van der Waals surface area contributed by atoms with Gasteiger partial charge in [-0.3, -0.25) is 9.59 Å². The first-order valence-electron chi connectivity index (χ1n) is 12.9. The lowest BCUT2D eigenvalue weighted by Crippen LogP contribution is -2.55. The second-order valence-electron chi connectivity index (χ2n) is 9.45. The van der Waals surface area contributed by atoms with E-state index in [0.29, 0.717) is 54.1 Å². The predicted molar refractivity (Wildman–Crippen MR) is 151 cm³/mol. The Morgan fingerprint density at radius 3 is 2.93 bits per heavy atom. The van der Waals surface area contributed by atoms with Gasteiger partial charge in [-0.2, -0.15) is 0 Å². The number of hydrogen-bond acceptors (Lipinski definition) is 11. The summed E-state index contributed by atoms with van der Waals surface area (Å²) in [5.74, 6) is -0.473. The minimum Gasteiger partial charge on any atom is -0.377 e. The lowest BCUT2D eigenvalue weighted by Gasteiger charge is -2.33. The summed E-state index contributed by atoms with van der Waals surface area (Å²) in [4.78, 5) is 50.4. The second-order valence-corrected chi connectivity index (χ2v) is 10.5. The number of carbonyl (C=O) groups excluding carboxylic acids is 2. The van der Waals surface area contributed by atoms with Crippen molar-refractivity contribution in [1.29, 1.82) is 0 Å². The summed E-state index contributed by atoms with van der Waals surface area (Å²) in [5, 5.41) is 6.58. The van der Waals surface area contributed by atoms with Crippen molar-refractivity contribution in [2.75, 3.05) is 52.3 Å². The van der Waals surface area contributed by atoms with Crippen molar-refractivity contribution in [3.05, 3.63) is 55.3 Å². The van der Waals surface area contributed by atoms with Gasteiger partial charge in [0.15, 0.2) is 10.9 Å². The Bertz CT molecular complexity index is 1560. The predicted octanol–water partition coefficient (Wildman–Crippen LogP) is 1.69. The molecule has 0 aromatic carbocycles. The van der Waals surface area contributed by atoms with Crippen LogP contribution in [0, 0.1) is 5.82 Å². The number of anilines is 2. The zero-order chi connectivity index (χ0) is 28.8. The lowest BCUT2D eigenvalue weighted by atomic mass is 10.2. The molecule has 0 saturated carbocycles. The van der Waals surface area contributed by atoms with Crippen LogP contribution in [0.2, 0.25) is 0 Å². The molecule has 13 nitrogen and oxygen atoms in total. The number of pyridine rings is 1. The van der Waals surface area contributed by atoms with Crippen LogP contribution in [-0.4, -0.2) is 104 Å². The van der Waals surface area contributed by atoms with E-state index in [4.69, 9.17) is 4.74 Å². The molecule has 15 heteroatoms. The molecule has 0 aliphatic carbocycles. The molecule has 0 radical (unpaired) electrons. The number of halogens is 1. The molecule has 4 aromatic heterocycles. The smallest absolute Gasteiger partial charge is 0.247 e. The number of amides is 2. The van der Waals surface area contributed by atoms with Crippen molar-refractivity contribution in [3.63, 3.8) is 0 Å². The van der Waals surface area contributed by atoms with Crippen molar-refractivity contribution in [2.24, 2.45) is 0 Å². The molecule has 1 saturated heterocycles. The summed E-state index contributed by atoms with van der Waals surface area (Å²) < 4.78 is 21.4. The van der Waals surface area contributed by atoms with E-state index in [9.17, 15) is 14.0 Å². The number of morpholine rings is 1. The molecule has 0 bridgehead atoms. The standard InChI is InChI=1S/C26H29FN10O3S/c1-35(2)6-3-4-23(38)37-8-9-40-14-20(37)25(39)29-5-7-36-16-33-18-12-30-22(10-19(18)36)34-26-31-13-21(41-26)24-17(27)11-28-15-32-24/h3-4,10-13,15-16,20H,5-9,14H2,1-2H3,(H,29,39)(H,30,31,34)/b4-3+/t20-/m0/s1. The van der Waals surface area contributed by atoms with E-state index in [0.717, 1.165) is 11.7 Å². The molecule has 2 N–H and O–H groups in total. The van der Waals surface area contributed by atoms with Gasteiger partial charge in [0.25, 0.3) is 0 Å². The van der Waals surface area contributed by atoms with Crippen molar-refractivity contribution >= 4 is 45.1 Å². The quantitative estimate of drug-likeness (QED) is 0.266. The zero-order valence-electron chi connectivity index (χ0n) is 22.5. The Morgan fingerprint density at radius 1 is 1.22 bits per heavy atom. The number of rotatable bonds is 10. The van der Waals surface area contributed by atoms with Gasteiger partial charge in [0, 0.05) is 44.5 Å². The van der Waals surface area contributed by atoms with Crippen LogP contribution in [-0.2, 0) is 20.9 Å². The molecule has 1 fully saturated rings. The molecule has 214 valence electrons. The lowest BCUT2D eigenvalue weighted by molar-refractivity contribution is -0.145. The third kappa shape index (κ3) is 6.87. The van der Waals surface area contributed by atoms with Crippen LogP contribution < -0.4 is 10.6 Å². The molecule has 41 heavy (non-hydrogen) atoms. The van der Waals surface area contributed by atoms with Gasteiger partial charge in [0.2, 0.25) is 11.8 Å². The summed E-state index contributed by atoms with van der Waals surface area (Å²) in [6.45, 7) is 2.30. The van der Waals surface area contributed by atoms with E-state index >= 15 is 0 Å². The largest absolute Gasteiger partial charge is 0.377 e. The van der Waals surface area contributed by atoms with E-state index in [1.165, 1.54) is 29.9 Å². The molecule has 1 atom stereocenters. The maximum absolute atomic E-state index is 14.0. The molecular weight excluding hydrogens is 551 g/mol. The van der Waals surface area contributed by atoms with E-state index in [-0.39, 0.29) is 24.1 Å². The molecule has 2 amide bonds. The van der Waals surface area contributed by atoms with Crippen LogP contribution in [0.1, 0.15) is 0 Å². The Balaban J connectivity index is 1.20. The maximum Gasteiger partial charge on any atom is 0.247 e. The van der Waals surface area contributed by atoms with Crippen LogP contribution in [0.4, 0.5) is 15.3 Å². The van der Waals surface area contributed by atoms with E-state index in [1.807, 2.05) is 29.6 Å². The third-order valence-electron chi connectivity index (χ3n) is 6.25. The number of imidazole rings is 1. The van der Waals surface area contributed by atoms with Gasteiger partial charge in [0.1, 0.15) is 29.4 Å². The monoisotopic (exact) mass is 580 g/mol. The highest BCUT2D eigenvalue weighted by atomic mass is 32.1. The van der Waals surface area contributed by atoms with Gasteiger partial charge in [-0.15, -0.1) is 0 Å². The molecule has 5 rings (SSSR count). The van der Waals surface area contributed by atoms with E-state index in [1.54, 1.807) is 23.5 Å². The summed E-state index contributed by atoms with van der Waals surface area (Å²) in [5.41, 5.74) is 1.67. The number of nitrogens with one attached hydrogen (secondary N) is 2. The van der Waals surface area contributed by atoms with Crippen molar-refractivity contribution in [2.45, 2.75) is 12.6 Å². The maximum atomic E-state index is 14.0. The summed E-state index contributed by atoms with van der Waals surface area (Å²) >= 11 is 1.24. The fraction of sp³-hybridized carbons (Fsp3) is 0.346. The number of aromatic nitrogens is 6. The number of hydrogen-bond donors (Lipinski definition) is 2. The Morgan fingerprint density at radius 2 is 2.10 bits per heavy atom. The Hall–Kier alpha value is -4.34. The van der Waals surface area contributed by atoms with Crippen molar-refractivity contribution in [3.8, 4) is 10.6 Å². The average molecular weight is 581 g/mol. The summed E-state index contributed by atoms with van der Waals surface area (Å²) in [6.07, 6.45) is 10.5.